The third kappa shape index (κ3) is 104. The lowest BCUT2D eigenvalue weighted by Gasteiger charge is -2.21. The summed E-state index contributed by atoms with van der Waals surface area (Å²) in [6.45, 7) is 2.70. The molecule has 4 N–H and O–H groups in total. The van der Waals surface area contributed by atoms with Crippen LogP contribution in [0.15, 0.2) is 146 Å². The number of phosphoric acid groups is 2. The number of aliphatic hydroxyl groups is 2. The minimum Gasteiger partial charge on any atom is -0.463 e. The third-order valence-corrected chi connectivity index (χ3v) is 24.9. The molecule has 0 bridgehead atoms. The molecule has 18 heteroatoms. The van der Waals surface area contributed by atoms with Crippen molar-refractivity contribution in [3.63, 3.8) is 0 Å². The van der Waals surface area contributed by atoms with Crippen LogP contribution in [0.2, 0.25) is 0 Å². The van der Waals surface area contributed by atoms with Gasteiger partial charge in [-0.05, 0) is 154 Å². The van der Waals surface area contributed by atoms with Crippen LogP contribution < -0.4 is 0 Å². The van der Waals surface area contributed by atoms with Gasteiger partial charge in [-0.2, -0.15) is 0 Å². The summed E-state index contributed by atoms with van der Waals surface area (Å²) in [7, 11) is -9.82. The first-order chi connectivity index (χ1) is 63.2. The van der Waals surface area contributed by atoms with E-state index in [1.807, 2.05) is 0 Å². The molecule has 0 aliphatic carbocycles. The number of esters is 3. The van der Waals surface area contributed by atoms with Crippen LogP contribution in [0.5, 0.6) is 0 Å². The van der Waals surface area contributed by atoms with Crippen LogP contribution in [-0.4, -0.2) is 95.9 Å². The zero-order valence-corrected chi connectivity index (χ0v) is 84.6. The van der Waals surface area contributed by atoms with Gasteiger partial charge in [0.2, 0.25) is 0 Å². The van der Waals surface area contributed by atoms with Crippen molar-refractivity contribution in [1.29, 1.82) is 0 Å². The minimum absolute atomic E-state index is 0.104. The molecule has 5 unspecified atom stereocenters. The van der Waals surface area contributed by atoms with Crippen LogP contribution in [-0.2, 0) is 55.8 Å². The zero-order valence-electron chi connectivity index (χ0n) is 82.8. The van der Waals surface area contributed by atoms with Crippen LogP contribution in [0.25, 0.3) is 0 Å². The molecule has 0 heterocycles. The van der Waals surface area contributed by atoms with Crippen LogP contribution in [0.3, 0.4) is 0 Å². The fraction of sp³-hybridized carbons (Fsp3) is 0.757. The standard InChI is InChI=1S/C111H196O16P2/c1-4-7-10-13-16-19-22-25-28-31-34-37-40-43-46-49-52-55-58-61-64-67-70-73-76-79-82-85-88-91-94-97-109(114)121-100-106(112)101-123-128(117,118)124-102-107(113)103-125-129(119,120)126-105-108(127-111(116)99-96-93-90-87-84-81-78-75-72-69-66-63-60-57-54-51-48-45-42-39-36-33-30-27-24-21-18-15-12-9-6-3)104-122-110(115)98-95-92-89-86-83-80-77-74-71-68-65-62-59-56-53-50-47-44-41-38-35-32-29-26-23-20-17-14-11-8-5-2/h16-21,25-30,34-39,43-48,106-108,112-113H,4-15,22-24,31-33,40-42,49-105H2,1-3H3,(H,117,118)(H,119,120)/b19-16-,20-17-,21-18-,28-25-,29-26-,30-27-,37-34-,38-35-,39-36-,46-43-,47-44-,48-45-. The molecule has 0 amide bonds. The highest BCUT2D eigenvalue weighted by Crippen LogP contribution is 2.45. The smallest absolute Gasteiger partial charge is 0.463 e. The Balaban J connectivity index is 4.62. The van der Waals surface area contributed by atoms with Gasteiger partial charge in [-0.15, -0.1) is 0 Å². The van der Waals surface area contributed by atoms with Crippen molar-refractivity contribution in [2.24, 2.45) is 0 Å². The molecule has 0 aromatic carbocycles. The molecule has 0 aliphatic rings. The second kappa shape index (κ2) is 102. The van der Waals surface area contributed by atoms with Gasteiger partial charge in [0.1, 0.15) is 25.4 Å². The topological polar surface area (TPSA) is 231 Å². The molecule has 0 aromatic heterocycles. The molecule has 0 fully saturated rings. The van der Waals surface area contributed by atoms with Gasteiger partial charge in [-0.3, -0.25) is 32.5 Å². The van der Waals surface area contributed by atoms with Crippen molar-refractivity contribution in [1.82, 2.24) is 0 Å². The molecule has 0 saturated heterocycles. The van der Waals surface area contributed by atoms with Crippen molar-refractivity contribution < 1.29 is 75.8 Å². The Bertz CT molecular complexity index is 2920. The van der Waals surface area contributed by atoms with E-state index in [0.717, 1.165) is 122 Å². The molecule has 0 rings (SSSR count). The number of ether oxygens (including phenoxy) is 3. The maximum atomic E-state index is 13.1. The highest BCUT2D eigenvalue weighted by atomic mass is 31.2. The van der Waals surface area contributed by atoms with Gasteiger partial charge in [0, 0.05) is 19.3 Å². The van der Waals surface area contributed by atoms with Crippen LogP contribution in [0.1, 0.15) is 483 Å². The lowest BCUT2D eigenvalue weighted by atomic mass is 10.0. The maximum absolute atomic E-state index is 13.1. The average molecular weight is 1850 g/mol. The van der Waals surface area contributed by atoms with Crippen molar-refractivity contribution in [2.45, 2.75) is 501 Å². The van der Waals surface area contributed by atoms with Crippen LogP contribution in [0.4, 0.5) is 0 Å². The zero-order chi connectivity index (χ0) is 93.5. The predicted octanol–water partition coefficient (Wildman–Crippen LogP) is 33.8. The number of hydrogen-bond donors (Lipinski definition) is 4. The van der Waals surface area contributed by atoms with Crippen LogP contribution in [0, 0.1) is 0 Å². The Labute approximate surface area is 791 Å². The van der Waals surface area contributed by atoms with E-state index in [9.17, 15) is 43.5 Å². The quantitative estimate of drug-likeness (QED) is 0.0146. The monoisotopic (exact) mass is 1850 g/mol. The highest BCUT2D eigenvalue weighted by molar-refractivity contribution is 7.47. The van der Waals surface area contributed by atoms with E-state index < -0.39 is 91.5 Å². The molecular weight excluding hydrogens is 1650 g/mol. The predicted molar refractivity (Wildman–Crippen MR) is 546 cm³/mol. The lowest BCUT2D eigenvalue weighted by Crippen LogP contribution is -2.30. The van der Waals surface area contributed by atoms with E-state index in [1.165, 1.54) is 302 Å². The van der Waals surface area contributed by atoms with Gasteiger partial charge in [0.15, 0.2) is 6.10 Å². The van der Waals surface area contributed by atoms with E-state index in [0.29, 0.717) is 19.3 Å². The molecule has 129 heavy (non-hydrogen) atoms. The molecule has 0 saturated carbocycles. The maximum Gasteiger partial charge on any atom is 0.472 e. The third-order valence-electron chi connectivity index (χ3n) is 23.0. The molecule has 0 spiro atoms. The van der Waals surface area contributed by atoms with E-state index in [4.69, 9.17) is 32.3 Å². The Morgan fingerprint density at radius 1 is 0.217 bits per heavy atom. The number of aliphatic hydroxyl groups excluding tert-OH is 2. The fourth-order valence-corrected chi connectivity index (χ4v) is 16.5. The van der Waals surface area contributed by atoms with Gasteiger partial charge >= 0.3 is 33.6 Å². The largest absolute Gasteiger partial charge is 0.472 e. The average Bonchev–Trinajstić information content (AvgIpc) is 0.895. The molecule has 0 aromatic rings. The molecular formula is C111H196O16P2. The minimum atomic E-state index is -4.95. The van der Waals surface area contributed by atoms with Crippen LogP contribution >= 0.6 is 15.6 Å². The number of unbranched alkanes of at least 4 members (excludes halogenated alkanes) is 54. The van der Waals surface area contributed by atoms with Gasteiger partial charge in [-0.1, -0.05) is 456 Å². The van der Waals surface area contributed by atoms with E-state index in [2.05, 4.69) is 167 Å². The summed E-state index contributed by atoms with van der Waals surface area (Å²) >= 11 is 0. The van der Waals surface area contributed by atoms with Gasteiger partial charge in [0.05, 0.1) is 26.4 Å². The highest BCUT2D eigenvalue weighted by Gasteiger charge is 2.30. The first-order valence-corrected chi connectivity index (χ1v) is 56.1. The summed E-state index contributed by atoms with van der Waals surface area (Å²) in [6, 6.07) is 0. The van der Waals surface area contributed by atoms with Crippen molar-refractivity contribution in [3.05, 3.63) is 146 Å². The summed E-state index contributed by atoms with van der Waals surface area (Å²) in [5, 5.41) is 20.8. The van der Waals surface area contributed by atoms with Crippen molar-refractivity contribution >= 4 is 33.6 Å². The first-order valence-electron chi connectivity index (χ1n) is 53.1. The summed E-state index contributed by atoms with van der Waals surface area (Å²) in [5.74, 6) is -1.55. The second-order valence-corrected chi connectivity index (χ2v) is 38.6. The Morgan fingerprint density at radius 3 is 0.612 bits per heavy atom. The molecule has 746 valence electrons. The number of allylic oxidation sites excluding steroid dienone is 24. The van der Waals surface area contributed by atoms with Crippen molar-refractivity contribution in [3.8, 4) is 0 Å². The molecule has 5 atom stereocenters. The molecule has 0 radical (unpaired) electrons. The Hall–Kier alpha value is -4.57. The van der Waals surface area contributed by atoms with Gasteiger partial charge < -0.3 is 34.2 Å². The number of phosphoric ester groups is 2. The Kier molecular flexibility index (Phi) is 98.8. The first kappa shape index (κ1) is 124. The number of carbonyl (C=O) groups is 3. The van der Waals surface area contributed by atoms with Gasteiger partial charge in [0.25, 0.3) is 0 Å². The summed E-state index contributed by atoms with van der Waals surface area (Å²) in [5.41, 5.74) is 0. The second-order valence-electron chi connectivity index (χ2n) is 35.7. The molecule has 16 nitrogen and oxygen atoms in total. The van der Waals surface area contributed by atoms with E-state index >= 15 is 0 Å². The van der Waals surface area contributed by atoms with E-state index in [-0.39, 0.29) is 19.3 Å². The number of rotatable bonds is 101. The fourth-order valence-electron chi connectivity index (χ4n) is 14.9. The summed E-state index contributed by atoms with van der Waals surface area (Å²) < 4.78 is 61.8. The Morgan fingerprint density at radius 2 is 0.388 bits per heavy atom. The summed E-state index contributed by atoms with van der Waals surface area (Å²) in [4.78, 5) is 59.3. The number of hydrogen-bond acceptors (Lipinski definition) is 14. The van der Waals surface area contributed by atoms with Gasteiger partial charge in [-0.25, -0.2) is 9.13 Å². The normalized spacial score (nSPS) is 14.2. The number of carbonyl (C=O) groups excluding carboxylic acids is 3. The SMILES string of the molecule is CCCCC/C=C\C/C=C\C/C=C\C/C=C\CCCCCCCCCCCCCCCCCC(=O)OCC(O)COP(=O)(O)OCC(O)COP(=O)(O)OCC(COC(=O)CCCCCCCCCCCCCCCCC/C=C\C/C=C\C/C=C\C/C=C\CCCCC)OC(=O)CCCCCCCCCCCCCCCCC/C=C\C/C=C\C/C=C\C/C=C\CCCCC. The molecule has 0 aliphatic heterocycles. The summed E-state index contributed by atoms with van der Waals surface area (Å²) in [6.07, 6.45) is 132. The van der Waals surface area contributed by atoms with E-state index in [1.54, 1.807) is 0 Å². The van der Waals surface area contributed by atoms with Crippen molar-refractivity contribution in [2.75, 3.05) is 39.6 Å². The lowest BCUT2D eigenvalue weighted by molar-refractivity contribution is -0.161.